The Labute approximate surface area is 174 Å². The monoisotopic (exact) mass is 416 g/mol. The molecule has 0 bridgehead atoms. The smallest absolute Gasteiger partial charge is 0.280 e. The molecule has 10 heteroatoms. The van der Waals surface area contributed by atoms with E-state index in [2.05, 4.69) is 56.4 Å². The molecule has 1 aliphatic rings. The van der Waals surface area contributed by atoms with Gasteiger partial charge in [0.15, 0.2) is 28.4 Å². The van der Waals surface area contributed by atoms with E-state index in [0.29, 0.717) is 0 Å². The van der Waals surface area contributed by atoms with Crippen molar-refractivity contribution < 1.29 is 4.79 Å². The van der Waals surface area contributed by atoms with Gasteiger partial charge in [0.2, 0.25) is 0 Å². The highest BCUT2D eigenvalue weighted by atomic mass is 35.5. The summed E-state index contributed by atoms with van der Waals surface area (Å²) in [6.07, 6.45) is 1.72. The van der Waals surface area contributed by atoms with Gasteiger partial charge >= 0.3 is 0 Å². The third-order valence-electron chi connectivity index (χ3n) is 4.77. The standard InChI is InChI=1S/C19H25ClN8O/c1-11-2-4-12(5-3-11)10-28-8-6-13(7-9-28)24-19(23)27-18(29)14-16(21)26-17(22)15(20)25-14/h2-5,13H,6-10H2,1H3,(H4,21,22,26)(H3,23,24,27,29). The SMILES string of the molecule is Cc1ccc(CN2CCC(N=C(N)NC(=O)c3nc(Cl)c(N)nc3N)CC2)cc1. The zero-order chi connectivity index (χ0) is 21.0. The Kier molecular flexibility index (Phi) is 6.50. The van der Waals surface area contributed by atoms with Crippen LogP contribution in [0.2, 0.25) is 5.15 Å². The van der Waals surface area contributed by atoms with Crippen LogP contribution in [0.3, 0.4) is 0 Å². The first-order valence-corrected chi connectivity index (χ1v) is 9.70. The van der Waals surface area contributed by atoms with E-state index in [1.54, 1.807) is 0 Å². The summed E-state index contributed by atoms with van der Waals surface area (Å²) in [5, 5.41) is 2.38. The number of halogens is 1. The van der Waals surface area contributed by atoms with Gasteiger partial charge < -0.3 is 17.2 Å². The van der Waals surface area contributed by atoms with Gasteiger partial charge in [-0.1, -0.05) is 41.4 Å². The molecule has 29 heavy (non-hydrogen) atoms. The summed E-state index contributed by atoms with van der Waals surface area (Å²) in [6, 6.07) is 8.61. The van der Waals surface area contributed by atoms with E-state index in [4.69, 9.17) is 28.8 Å². The number of nitrogen functional groups attached to an aromatic ring is 2. The first-order valence-electron chi connectivity index (χ1n) is 9.33. The number of nitrogens with two attached hydrogens (primary N) is 3. The Balaban J connectivity index is 1.52. The second-order valence-corrected chi connectivity index (χ2v) is 7.45. The molecule has 1 aromatic heterocycles. The van der Waals surface area contributed by atoms with Crippen molar-refractivity contribution in [2.45, 2.75) is 32.4 Å². The van der Waals surface area contributed by atoms with Crippen LogP contribution in [0.5, 0.6) is 0 Å². The fourth-order valence-electron chi connectivity index (χ4n) is 3.17. The Morgan fingerprint density at radius 1 is 1.21 bits per heavy atom. The summed E-state index contributed by atoms with van der Waals surface area (Å²) in [6.45, 7) is 4.82. The van der Waals surface area contributed by atoms with Gasteiger partial charge in [-0.05, 0) is 25.3 Å². The number of anilines is 2. The molecule has 9 nitrogen and oxygen atoms in total. The molecule has 1 amide bonds. The Bertz CT molecular complexity index is 907. The maximum absolute atomic E-state index is 12.3. The number of benzene rings is 1. The van der Waals surface area contributed by atoms with Crippen LogP contribution in [0.1, 0.15) is 34.5 Å². The molecule has 0 saturated carbocycles. The van der Waals surface area contributed by atoms with Crippen molar-refractivity contribution in [2.75, 3.05) is 24.6 Å². The second kappa shape index (κ2) is 9.06. The minimum Gasteiger partial charge on any atom is -0.382 e. The number of carbonyl (C=O) groups is 1. The van der Waals surface area contributed by atoms with Crippen LogP contribution in [0.15, 0.2) is 29.3 Å². The second-order valence-electron chi connectivity index (χ2n) is 7.09. The average Bonchev–Trinajstić information content (AvgIpc) is 2.68. The van der Waals surface area contributed by atoms with E-state index in [-0.39, 0.29) is 34.5 Å². The van der Waals surface area contributed by atoms with Gasteiger partial charge in [0, 0.05) is 19.6 Å². The molecule has 2 heterocycles. The third kappa shape index (κ3) is 5.55. The lowest BCUT2D eigenvalue weighted by Gasteiger charge is -2.30. The van der Waals surface area contributed by atoms with Gasteiger partial charge in [0.25, 0.3) is 5.91 Å². The molecule has 1 aromatic carbocycles. The van der Waals surface area contributed by atoms with Crippen LogP contribution < -0.4 is 22.5 Å². The maximum atomic E-state index is 12.3. The van der Waals surface area contributed by atoms with Crippen LogP contribution in [0.25, 0.3) is 0 Å². The molecule has 0 atom stereocenters. The van der Waals surface area contributed by atoms with Crippen molar-refractivity contribution >= 4 is 35.1 Å². The van der Waals surface area contributed by atoms with E-state index in [1.165, 1.54) is 11.1 Å². The molecule has 154 valence electrons. The number of guanidine groups is 1. The normalized spacial score (nSPS) is 16.0. The highest BCUT2D eigenvalue weighted by Gasteiger charge is 2.20. The van der Waals surface area contributed by atoms with E-state index in [9.17, 15) is 4.79 Å². The molecule has 0 aliphatic carbocycles. The number of amides is 1. The van der Waals surface area contributed by atoms with E-state index >= 15 is 0 Å². The highest BCUT2D eigenvalue weighted by molar-refractivity contribution is 6.31. The number of likely N-dealkylation sites (tertiary alicyclic amines) is 1. The van der Waals surface area contributed by atoms with Crippen molar-refractivity contribution in [1.29, 1.82) is 0 Å². The Morgan fingerprint density at radius 2 is 1.86 bits per heavy atom. The predicted molar refractivity (Wildman–Crippen MR) is 114 cm³/mol. The number of aromatic nitrogens is 2. The zero-order valence-electron chi connectivity index (χ0n) is 16.2. The number of aliphatic imine (C=N–C) groups is 1. The minimum atomic E-state index is -0.630. The first-order chi connectivity index (χ1) is 13.8. The van der Waals surface area contributed by atoms with Crippen molar-refractivity contribution in [3.05, 3.63) is 46.2 Å². The van der Waals surface area contributed by atoms with Crippen LogP contribution >= 0.6 is 11.6 Å². The molecule has 3 rings (SSSR count). The summed E-state index contributed by atoms with van der Waals surface area (Å²) in [5.74, 6) is -0.780. The summed E-state index contributed by atoms with van der Waals surface area (Å²) in [5.41, 5.74) is 19.5. The van der Waals surface area contributed by atoms with Crippen molar-refractivity contribution in [1.82, 2.24) is 20.2 Å². The number of rotatable bonds is 4. The molecule has 1 aliphatic heterocycles. The molecule has 0 unspecified atom stereocenters. The zero-order valence-corrected chi connectivity index (χ0v) is 17.0. The Hall–Kier alpha value is -2.91. The van der Waals surface area contributed by atoms with Crippen LogP contribution in [0, 0.1) is 6.92 Å². The summed E-state index contributed by atoms with van der Waals surface area (Å²) < 4.78 is 0. The maximum Gasteiger partial charge on any atom is 0.280 e. The average molecular weight is 417 g/mol. The number of nitrogens with one attached hydrogen (secondary N) is 1. The molecule has 0 spiro atoms. The molecule has 0 radical (unpaired) electrons. The Morgan fingerprint density at radius 3 is 2.52 bits per heavy atom. The lowest BCUT2D eigenvalue weighted by Crippen LogP contribution is -2.40. The van der Waals surface area contributed by atoms with E-state index < -0.39 is 5.91 Å². The quantitative estimate of drug-likeness (QED) is 0.433. The topological polar surface area (TPSA) is 149 Å². The van der Waals surface area contributed by atoms with Crippen LogP contribution in [-0.4, -0.2) is 45.9 Å². The molecule has 7 N–H and O–H groups in total. The molecule has 2 aromatic rings. The van der Waals surface area contributed by atoms with Gasteiger partial charge in [0.05, 0.1) is 6.04 Å². The predicted octanol–water partition coefficient (Wildman–Crippen LogP) is 1.31. The number of hydrogen-bond acceptors (Lipinski definition) is 7. The number of hydrogen-bond donors (Lipinski definition) is 4. The van der Waals surface area contributed by atoms with Gasteiger partial charge in [0.1, 0.15) is 0 Å². The largest absolute Gasteiger partial charge is 0.382 e. The van der Waals surface area contributed by atoms with Crippen molar-refractivity contribution in [3.63, 3.8) is 0 Å². The number of aryl methyl sites for hydroxylation is 1. The fraction of sp³-hybridized carbons (Fsp3) is 0.368. The lowest BCUT2D eigenvalue weighted by atomic mass is 10.0. The van der Waals surface area contributed by atoms with Gasteiger partial charge in [-0.15, -0.1) is 0 Å². The third-order valence-corrected chi connectivity index (χ3v) is 5.05. The van der Waals surface area contributed by atoms with Crippen LogP contribution in [0.4, 0.5) is 11.6 Å². The highest BCUT2D eigenvalue weighted by Crippen LogP contribution is 2.18. The van der Waals surface area contributed by atoms with Crippen molar-refractivity contribution in [3.8, 4) is 0 Å². The molecule has 1 fully saturated rings. The summed E-state index contributed by atoms with van der Waals surface area (Å²) in [7, 11) is 0. The summed E-state index contributed by atoms with van der Waals surface area (Å²) >= 11 is 5.80. The van der Waals surface area contributed by atoms with Gasteiger partial charge in [-0.25, -0.2) is 15.0 Å². The van der Waals surface area contributed by atoms with Crippen LogP contribution in [-0.2, 0) is 6.54 Å². The number of nitrogens with zero attached hydrogens (tertiary/aromatic N) is 4. The van der Waals surface area contributed by atoms with Crippen molar-refractivity contribution in [2.24, 2.45) is 10.7 Å². The van der Waals surface area contributed by atoms with Gasteiger partial charge in [-0.2, -0.15) is 0 Å². The number of piperidine rings is 1. The fourth-order valence-corrected chi connectivity index (χ4v) is 3.30. The lowest BCUT2D eigenvalue weighted by molar-refractivity contribution is 0.0972. The van der Waals surface area contributed by atoms with E-state index in [0.717, 1.165) is 32.5 Å². The molecule has 1 saturated heterocycles. The molecular formula is C19H25ClN8O. The number of carbonyl (C=O) groups excluding carboxylic acids is 1. The van der Waals surface area contributed by atoms with E-state index in [1.807, 2.05) is 0 Å². The minimum absolute atomic E-state index is 0.0149. The molecular weight excluding hydrogens is 392 g/mol. The summed E-state index contributed by atoms with van der Waals surface area (Å²) in [4.78, 5) is 26.7. The van der Waals surface area contributed by atoms with Gasteiger partial charge in [-0.3, -0.25) is 15.0 Å². The first kappa shape index (κ1) is 20.8.